The Morgan fingerprint density at radius 2 is 2.40 bits per heavy atom. The molecule has 0 bridgehead atoms. The fourth-order valence-corrected chi connectivity index (χ4v) is 1.78. The van der Waals surface area contributed by atoms with Crippen molar-refractivity contribution in [3.8, 4) is 6.07 Å². The first-order valence-corrected chi connectivity index (χ1v) is 4.97. The maximum absolute atomic E-state index is 9.02. The molecule has 1 aliphatic rings. The molecule has 0 saturated carbocycles. The summed E-state index contributed by atoms with van der Waals surface area (Å²) in [5.41, 5.74) is 1.60. The van der Waals surface area contributed by atoms with E-state index in [2.05, 4.69) is 11.1 Å². The number of nitriles is 1. The van der Waals surface area contributed by atoms with Crippen LogP contribution in [0.25, 0.3) is 0 Å². The molecule has 1 N–H and O–H groups in total. The smallest absolute Gasteiger partial charge is 0.146 e. The minimum Gasteiger partial charge on any atom is -0.396 e. The van der Waals surface area contributed by atoms with Crippen LogP contribution in [-0.2, 0) is 0 Å². The van der Waals surface area contributed by atoms with E-state index in [1.54, 1.807) is 6.20 Å². The van der Waals surface area contributed by atoms with Crippen LogP contribution < -0.4 is 4.90 Å². The zero-order chi connectivity index (χ0) is 10.8. The quantitative estimate of drug-likeness (QED) is 0.768. The zero-order valence-electron chi connectivity index (χ0n) is 8.64. The third-order valence-corrected chi connectivity index (χ3v) is 2.77. The first kappa shape index (κ1) is 9.94. The molecular formula is C11H13N3O. The third-order valence-electron chi connectivity index (χ3n) is 2.77. The van der Waals surface area contributed by atoms with E-state index in [0.29, 0.717) is 11.5 Å². The van der Waals surface area contributed by atoms with Gasteiger partial charge in [0.2, 0.25) is 0 Å². The van der Waals surface area contributed by atoms with Gasteiger partial charge in [-0.15, -0.1) is 0 Å². The van der Waals surface area contributed by atoms with Gasteiger partial charge >= 0.3 is 0 Å². The Balaban J connectivity index is 2.23. The van der Waals surface area contributed by atoms with E-state index in [1.165, 1.54) is 0 Å². The molecule has 4 heteroatoms. The normalized spacial score (nSPS) is 15.9. The van der Waals surface area contributed by atoms with Gasteiger partial charge in [-0.05, 0) is 18.6 Å². The van der Waals surface area contributed by atoms with E-state index in [0.717, 1.165) is 24.5 Å². The summed E-state index contributed by atoms with van der Waals surface area (Å²) in [4.78, 5) is 6.26. The summed E-state index contributed by atoms with van der Waals surface area (Å²) in [5, 5.41) is 17.9. The minimum absolute atomic E-state index is 0.213. The van der Waals surface area contributed by atoms with Gasteiger partial charge in [-0.1, -0.05) is 0 Å². The maximum atomic E-state index is 9.02. The fraction of sp³-hybridized carbons (Fsp3) is 0.455. The monoisotopic (exact) mass is 203 g/mol. The molecule has 0 radical (unpaired) electrons. The van der Waals surface area contributed by atoms with Crippen molar-refractivity contribution in [3.05, 3.63) is 23.4 Å². The number of aromatic nitrogens is 1. The van der Waals surface area contributed by atoms with Gasteiger partial charge in [-0.3, -0.25) is 0 Å². The van der Waals surface area contributed by atoms with E-state index < -0.39 is 0 Å². The number of aliphatic hydroxyl groups is 1. The molecule has 2 heterocycles. The van der Waals surface area contributed by atoms with Crippen LogP contribution in [0.5, 0.6) is 0 Å². The Labute approximate surface area is 88.8 Å². The number of anilines is 1. The molecule has 1 saturated heterocycles. The average Bonchev–Trinajstić information content (AvgIpc) is 2.16. The standard InChI is InChI=1S/C11H13N3O/c1-8-2-3-13-11(10(8)4-12)14-5-9(6-14)7-15/h2-3,9,15H,5-7H2,1H3. The van der Waals surface area contributed by atoms with Crippen LogP contribution in [0.2, 0.25) is 0 Å². The van der Waals surface area contributed by atoms with Crippen LogP contribution in [-0.4, -0.2) is 29.8 Å². The molecule has 0 unspecified atom stereocenters. The summed E-state index contributed by atoms with van der Waals surface area (Å²) in [6.45, 7) is 3.71. The number of hydrogen-bond acceptors (Lipinski definition) is 4. The molecule has 0 aromatic carbocycles. The van der Waals surface area contributed by atoms with E-state index in [1.807, 2.05) is 17.9 Å². The van der Waals surface area contributed by atoms with Crippen LogP contribution in [0.3, 0.4) is 0 Å². The molecule has 0 amide bonds. The van der Waals surface area contributed by atoms with E-state index in [4.69, 9.17) is 10.4 Å². The lowest BCUT2D eigenvalue weighted by Crippen LogP contribution is -2.49. The lowest BCUT2D eigenvalue weighted by Gasteiger charge is -2.39. The fourth-order valence-electron chi connectivity index (χ4n) is 1.78. The highest BCUT2D eigenvalue weighted by molar-refractivity contribution is 5.58. The van der Waals surface area contributed by atoms with Gasteiger partial charge in [0.05, 0.1) is 5.56 Å². The van der Waals surface area contributed by atoms with E-state index in [9.17, 15) is 0 Å². The molecule has 1 fully saturated rings. The predicted octanol–water partition coefficient (Wildman–Crippen LogP) is 0.690. The predicted molar refractivity (Wildman–Crippen MR) is 56.5 cm³/mol. The number of aryl methyl sites for hydroxylation is 1. The largest absolute Gasteiger partial charge is 0.396 e. The summed E-state index contributed by atoms with van der Waals surface area (Å²) in [6.07, 6.45) is 1.72. The van der Waals surface area contributed by atoms with Crippen LogP contribution in [0, 0.1) is 24.2 Å². The van der Waals surface area contributed by atoms with Crippen molar-refractivity contribution in [2.24, 2.45) is 5.92 Å². The summed E-state index contributed by atoms with van der Waals surface area (Å²) >= 11 is 0. The van der Waals surface area contributed by atoms with Gasteiger partial charge < -0.3 is 10.0 Å². The highest BCUT2D eigenvalue weighted by Crippen LogP contribution is 2.26. The summed E-state index contributed by atoms with van der Waals surface area (Å²) in [5.74, 6) is 1.08. The SMILES string of the molecule is Cc1ccnc(N2CC(CO)C2)c1C#N. The van der Waals surface area contributed by atoms with Crippen molar-refractivity contribution in [2.75, 3.05) is 24.6 Å². The lowest BCUT2D eigenvalue weighted by molar-refractivity contribution is 0.200. The van der Waals surface area contributed by atoms with Crippen molar-refractivity contribution < 1.29 is 5.11 Å². The third kappa shape index (κ3) is 1.66. The maximum Gasteiger partial charge on any atom is 0.146 e. The zero-order valence-corrected chi connectivity index (χ0v) is 8.64. The lowest BCUT2D eigenvalue weighted by atomic mass is 10.00. The highest BCUT2D eigenvalue weighted by atomic mass is 16.3. The Morgan fingerprint density at radius 1 is 1.67 bits per heavy atom. The number of nitrogens with zero attached hydrogens (tertiary/aromatic N) is 3. The van der Waals surface area contributed by atoms with Gasteiger partial charge in [0.1, 0.15) is 11.9 Å². The second-order valence-corrected chi connectivity index (χ2v) is 3.89. The average molecular weight is 203 g/mol. The van der Waals surface area contributed by atoms with Crippen LogP contribution >= 0.6 is 0 Å². The van der Waals surface area contributed by atoms with E-state index >= 15 is 0 Å². The molecule has 4 nitrogen and oxygen atoms in total. The molecule has 0 aliphatic carbocycles. The van der Waals surface area contributed by atoms with Gasteiger partial charge in [0.15, 0.2) is 0 Å². The van der Waals surface area contributed by atoms with Crippen molar-refractivity contribution in [3.63, 3.8) is 0 Å². The number of pyridine rings is 1. The summed E-state index contributed by atoms with van der Waals surface area (Å²) < 4.78 is 0. The molecule has 1 aromatic heterocycles. The molecule has 1 aliphatic heterocycles. The van der Waals surface area contributed by atoms with Crippen molar-refractivity contribution in [1.29, 1.82) is 5.26 Å². The van der Waals surface area contributed by atoms with Crippen molar-refractivity contribution >= 4 is 5.82 Å². The summed E-state index contributed by atoms with van der Waals surface area (Å²) in [6, 6.07) is 4.02. The Hall–Kier alpha value is -1.60. The molecule has 0 spiro atoms. The van der Waals surface area contributed by atoms with Crippen LogP contribution in [0.1, 0.15) is 11.1 Å². The number of rotatable bonds is 2. The molecule has 2 rings (SSSR count). The summed E-state index contributed by atoms with van der Waals surface area (Å²) in [7, 11) is 0. The molecule has 0 atom stereocenters. The Kier molecular flexibility index (Phi) is 2.57. The van der Waals surface area contributed by atoms with Crippen LogP contribution in [0.15, 0.2) is 12.3 Å². The highest BCUT2D eigenvalue weighted by Gasteiger charge is 2.28. The van der Waals surface area contributed by atoms with Crippen molar-refractivity contribution in [1.82, 2.24) is 4.98 Å². The number of hydrogen-bond donors (Lipinski definition) is 1. The first-order chi connectivity index (χ1) is 7.26. The van der Waals surface area contributed by atoms with Gasteiger partial charge in [0, 0.05) is 31.8 Å². The van der Waals surface area contributed by atoms with Crippen molar-refractivity contribution in [2.45, 2.75) is 6.92 Å². The first-order valence-electron chi connectivity index (χ1n) is 4.97. The number of aliphatic hydroxyl groups excluding tert-OH is 1. The minimum atomic E-state index is 0.213. The molecule has 78 valence electrons. The van der Waals surface area contributed by atoms with E-state index in [-0.39, 0.29) is 6.61 Å². The van der Waals surface area contributed by atoms with Gasteiger partial charge in [-0.25, -0.2) is 4.98 Å². The Bertz CT molecular complexity index is 405. The van der Waals surface area contributed by atoms with Gasteiger partial charge in [0.25, 0.3) is 0 Å². The Morgan fingerprint density at radius 3 is 3.00 bits per heavy atom. The van der Waals surface area contributed by atoms with Gasteiger partial charge in [-0.2, -0.15) is 5.26 Å². The molecular weight excluding hydrogens is 190 g/mol. The second kappa shape index (κ2) is 3.87. The van der Waals surface area contributed by atoms with Crippen LogP contribution in [0.4, 0.5) is 5.82 Å². The topological polar surface area (TPSA) is 60.1 Å². The second-order valence-electron chi connectivity index (χ2n) is 3.89. The molecule has 15 heavy (non-hydrogen) atoms. The molecule has 1 aromatic rings.